The maximum Gasteiger partial charge on any atom is 0.160 e. The molecule has 9 aromatic carbocycles. The number of aromatic nitrogens is 3. The van der Waals surface area contributed by atoms with E-state index >= 15 is 0 Å². The van der Waals surface area contributed by atoms with Gasteiger partial charge in [0.15, 0.2) is 5.82 Å². The molecule has 0 aliphatic heterocycles. The summed E-state index contributed by atoms with van der Waals surface area (Å²) in [7, 11) is 0. The van der Waals surface area contributed by atoms with Crippen LogP contribution in [0, 0.1) is 0 Å². The van der Waals surface area contributed by atoms with Crippen molar-refractivity contribution in [2.75, 3.05) is 0 Å². The van der Waals surface area contributed by atoms with E-state index in [0.29, 0.717) is 5.82 Å². The highest BCUT2D eigenvalue weighted by molar-refractivity contribution is 6.21. The summed E-state index contributed by atoms with van der Waals surface area (Å²) < 4.78 is 2.36. The second-order valence-corrected chi connectivity index (χ2v) is 14.1. The molecule has 3 nitrogen and oxygen atoms in total. The van der Waals surface area contributed by atoms with E-state index in [4.69, 9.17) is 9.97 Å². The van der Waals surface area contributed by atoms with Gasteiger partial charge in [0, 0.05) is 33.2 Å². The summed E-state index contributed by atoms with van der Waals surface area (Å²) in [6, 6.07) is 71.5. The van der Waals surface area contributed by atoms with Crippen molar-refractivity contribution < 1.29 is 0 Å². The highest BCUT2D eigenvalue weighted by Crippen LogP contribution is 2.43. The Morgan fingerprint density at radius 2 is 0.945 bits per heavy atom. The third-order valence-corrected chi connectivity index (χ3v) is 11.0. The molecule has 0 N–H and O–H groups in total. The van der Waals surface area contributed by atoms with Gasteiger partial charge in [-0.05, 0) is 79.8 Å². The van der Waals surface area contributed by atoms with Crippen LogP contribution in [0.3, 0.4) is 0 Å². The Morgan fingerprint density at radius 3 is 1.78 bits per heavy atom. The average molecular weight is 700 g/mol. The molecule has 0 aliphatic rings. The van der Waals surface area contributed by atoms with Crippen molar-refractivity contribution in [1.29, 1.82) is 0 Å². The molecule has 0 saturated carbocycles. The Balaban J connectivity index is 1.18. The van der Waals surface area contributed by atoms with Crippen LogP contribution < -0.4 is 0 Å². The van der Waals surface area contributed by atoms with E-state index in [1.807, 2.05) is 6.07 Å². The topological polar surface area (TPSA) is 30.7 Å². The number of rotatable bonds is 5. The number of fused-ring (bicyclic) bond motifs is 7. The highest BCUT2D eigenvalue weighted by Gasteiger charge is 2.19. The van der Waals surface area contributed by atoms with Gasteiger partial charge in [-0.2, -0.15) is 0 Å². The summed E-state index contributed by atoms with van der Waals surface area (Å²) in [5.74, 6) is 0.695. The first-order chi connectivity index (χ1) is 27.3. The van der Waals surface area contributed by atoms with Crippen LogP contribution in [0.15, 0.2) is 200 Å². The zero-order valence-electron chi connectivity index (χ0n) is 29.9. The molecule has 0 spiro atoms. The number of hydrogen-bond donors (Lipinski definition) is 0. The van der Waals surface area contributed by atoms with Gasteiger partial charge < -0.3 is 4.57 Å². The number of para-hydroxylation sites is 2. The summed E-state index contributed by atoms with van der Waals surface area (Å²) in [5, 5.41) is 9.83. The second kappa shape index (κ2) is 12.6. The molecule has 0 atom stereocenters. The van der Waals surface area contributed by atoms with E-state index in [0.717, 1.165) is 44.8 Å². The van der Waals surface area contributed by atoms with Crippen molar-refractivity contribution in [1.82, 2.24) is 14.5 Å². The molecule has 0 bridgehead atoms. The number of nitrogens with zero attached hydrogens (tertiary/aromatic N) is 3. The van der Waals surface area contributed by atoms with E-state index in [9.17, 15) is 0 Å². The monoisotopic (exact) mass is 699 g/mol. The number of hydrogen-bond acceptors (Lipinski definition) is 2. The number of benzene rings is 9. The lowest BCUT2D eigenvalue weighted by Gasteiger charge is -2.17. The summed E-state index contributed by atoms with van der Waals surface area (Å²) in [5.41, 5.74) is 10.6. The second-order valence-electron chi connectivity index (χ2n) is 14.1. The lowest BCUT2D eigenvalue weighted by molar-refractivity contribution is 1.17. The van der Waals surface area contributed by atoms with E-state index in [1.54, 1.807) is 0 Å². The molecule has 0 radical (unpaired) electrons. The molecule has 11 rings (SSSR count). The molecule has 2 heterocycles. The highest BCUT2D eigenvalue weighted by atomic mass is 15.0. The molecule has 0 fully saturated rings. The molecule has 3 heteroatoms. The van der Waals surface area contributed by atoms with E-state index in [-0.39, 0.29) is 0 Å². The molecule has 55 heavy (non-hydrogen) atoms. The Morgan fingerprint density at radius 1 is 0.327 bits per heavy atom. The first-order valence-electron chi connectivity index (χ1n) is 18.7. The lowest BCUT2D eigenvalue weighted by Crippen LogP contribution is -1.98. The van der Waals surface area contributed by atoms with E-state index in [2.05, 4.69) is 199 Å². The van der Waals surface area contributed by atoms with Crippen molar-refractivity contribution in [3.63, 3.8) is 0 Å². The van der Waals surface area contributed by atoms with Crippen molar-refractivity contribution in [2.24, 2.45) is 0 Å². The largest absolute Gasteiger partial charge is 0.309 e. The van der Waals surface area contributed by atoms with Gasteiger partial charge in [-0.25, -0.2) is 9.97 Å². The van der Waals surface area contributed by atoms with Crippen molar-refractivity contribution in [3.05, 3.63) is 200 Å². The maximum atomic E-state index is 5.34. The predicted octanol–water partition coefficient (Wildman–Crippen LogP) is 13.7. The minimum Gasteiger partial charge on any atom is -0.309 e. The van der Waals surface area contributed by atoms with Gasteiger partial charge in [-0.15, -0.1) is 0 Å². The van der Waals surface area contributed by atoms with Gasteiger partial charge in [0.25, 0.3) is 0 Å². The third-order valence-electron chi connectivity index (χ3n) is 11.0. The van der Waals surface area contributed by atoms with Gasteiger partial charge in [0.2, 0.25) is 0 Å². The SMILES string of the molecule is c1ccc(-c2nc(-c3ccc4c5ccccc5n(-c5ccccc5)c4c3)cc(-c3ccccc3-c3c4ccccc4cc4c3ccc3ccccc34)n2)cc1. The van der Waals surface area contributed by atoms with Gasteiger partial charge >= 0.3 is 0 Å². The summed E-state index contributed by atoms with van der Waals surface area (Å²) in [4.78, 5) is 10.6. The molecule has 0 unspecified atom stereocenters. The van der Waals surface area contributed by atoms with Crippen molar-refractivity contribution >= 4 is 54.1 Å². The fourth-order valence-corrected chi connectivity index (χ4v) is 8.47. The van der Waals surface area contributed by atoms with Crippen LogP contribution >= 0.6 is 0 Å². The van der Waals surface area contributed by atoms with E-state index < -0.39 is 0 Å². The lowest BCUT2D eigenvalue weighted by atomic mass is 9.87. The van der Waals surface area contributed by atoms with Crippen LogP contribution in [0.25, 0.3) is 105 Å². The van der Waals surface area contributed by atoms with Crippen LogP contribution in [-0.2, 0) is 0 Å². The quantitative estimate of drug-likeness (QED) is 0.132. The van der Waals surface area contributed by atoms with Crippen molar-refractivity contribution in [3.8, 4) is 50.7 Å². The Bertz CT molecular complexity index is 3250. The smallest absolute Gasteiger partial charge is 0.160 e. The van der Waals surface area contributed by atoms with Crippen LogP contribution in [0.2, 0.25) is 0 Å². The van der Waals surface area contributed by atoms with Gasteiger partial charge in [0.05, 0.1) is 22.4 Å². The normalized spacial score (nSPS) is 11.6. The van der Waals surface area contributed by atoms with Gasteiger partial charge in [-0.1, -0.05) is 164 Å². The van der Waals surface area contributed by atoms with Crippen LogP contribution in [0.4, 0.5) is 0 Å². The van der Waals surface area contributed by atoms with Gasteiger partial charge in [-0.3, -0.25) is 0 Å². The van der Waals surface area contributed by atoms with Crippen molar-refractivity contribution in [2.45, 2.75) is 0 Å². The summed E-state index contributed by atoms with van der Waals surface area (Å²) in [6.45, 7) is 0. The van der Waals surface area contributed by atoms with Crippen LogP contribution in [0.1, 0.15) is 0 Å². The Labute approximate surface area is 318 Å². The first-order valence-corrected chi connectivity index (χ1v) is 18.7. The molecular weight excluding hydrogens is 667 g/mol. The molecule has 0 aliphatic carbocycles. The molecule has 2 aromatic heterocycles. The van der Waals surface area contributed by atoms with Crippen LogP contribution in [0.5, 0.6) is 0 Å². The Hall–Kier alpha value is -7.36. The average Bonchev–Trinajstić information content (AvgIpc) is 3.59. The first kappa shape index (κ1) is 31.2. The minimum absolute atomic E-state index is 0.695. The molecule has 0 saturated heterocycles. The Kier molecular flexibility index (Phi) is 7.17. The minimum atomic E-state index is 0.695. The molecule has 256 valence electrons. The summed E-state index contributed by atoms with van der Waals surface area (Å²) in [6.07, 6.45) is 0. The fraction of sp³-hybridized carbons (Fsp3) is 0. The third kappa shape index (κ3) is 5.13. The molecule has 11 aromatic rings. The molecule has 0 amide bonds. The van der Waals surface area contributed by atoms with E-state index in [1.165, 1.54) is 54.2 Å². The molecular formula is C52H33N3. The predicted molar refractivity (Wildman–Crippen MR) is 231 cm³/mol. The maximum absolute atomic E-state index is 5.34. The standard InChI is InChI=1S/C52H33N3/c1-3-16-35(17-4-1)52-53-47(37-28-29-43-42-24-13-14-26-49(42)55(50(43)32-37)38-19-5-2-6-20-38)33-48(54-52)41-23-11-12-25-44(41)51-40-22-10-8-18-36(40)31-46-39-21-9-7-15-34(39)27-30-45(46)51/h1-33H. The van der Waals surface area contributed by atoms with Crippen LogP contribution in [-0.4, -0.2) is 14.5 Å². The fourth-order valence-electron chi connectivity index (χ4n) is 8.47. The zero-order chi connectivity index (χ0) is 36.3. The summed E-state index contributed by atoms with van der Waals surface area (Å²) >= 11 is 0. The van der Waals surface area contributed by atoms with Gasteiger partial charge in [0.1, 0.15) is 0 Å². The zero-order valence-corrected chi connectivity index (χ0v) is 29.9.